The lowest BCUT2D eigenvalue weighted by atomic mass is 10.0. The molecule has 0 bridgehead atoms. The maximum Gasteiger partial charge on any atom is 0.220 e. The zero-order chi connectivity index (χ0) is 47.7. The predicted octanol–water partition coefficient (Wildman–Crippen LogP) is 20.0. The topological polar surface area (TPSA) is 69.6 Å². The molecule has 0 aliphatic heterocycles. The van der Waals surface area contributed by atoms with Crippen molar-refractivity contribution in [1.29, 1.82) is 0 Å². The fourth-order valence-corrected chi connectivity index (χ4v) is 9.51. The Morgan fingerprint density at radius 2 is 0.621 bits per heavy atom. The van der Waals surface area contributed by atoms with Gasteiger partial charge in [0.2, 0.25) is 5.91 Å². The van der Waals surface area contributed by atoms with E-state index in [0.717, 1.165) is 32.1 Å². The van der Waals surface area contributed by atoms with Crippen molar-refractivity contribution in [3.05, 3.63) is 36.5 Å². The van der Waals surface area contributed by atoms with Crippen LogP contribution in [0.25, 0.3) is 0 Å². The zero-order valence-electron chi connectivity index (χ0n) is 45.0. The molecule has 2 unspecified atom stereocenters. The molecule has 4 nitrogen and oxygen atoms in total. The van der Waals surface area contributed by atoms with Crippen LogP contribution in [-0.4, -0.2) is 34.9 Å². The van der Waals surface area contributed by atoms with Gasteiger partial charge in [-0.05, 0) is 51.4 Å². The van der Waals surface area contributed by atoms with Gasteiger partial charge in [0, 0.05) is 6.42 Å². The highest BCUT2D eigenvalue weighted by atomic mass is 16.3. The van der Waals surface area contributed by atoms with Gasteiger partial charge in [0.05, 0.1) is 18.8 Å². The maximum absolute atomic E-state index is 12.5. The third-order valence-electron chi connectivity index (χ3n) is 14.1. The minimum atomic E-state index is -0.839. The summed E-state index contributed by atoms with van der Waals surface area (Å²) in [6.45, 7) is 4.34. The first-order valence-corrected chi connectivity index (χ1v) is 30.2. The van der Waals surface area contributed by atoms with Gasteiger partial charge in [0.25, 0.3) is 0 Å². The van der Waals surface area contributed by atoms with Crippen LogP contribution in [0.4, 0.5) is 0 Å². The number of unbranched alkanes of at least 4 members (excludes halogenated alkanes) is 45. The summed E-state index contributed by atoms with van der Waals surface area (Å²) in [5.41, 5.74) is 0. The Hall–Kier alpha value is -1.39. The quantitative estimate of drug-likeness (QED) is 0.0420. The average molecular weight is 927 g/mol. The van der Waals surface area contributed by atoms with Crippen molar-refractivity contribution < 1.29 is 15.0 Å². The van der Waals surface area contributed by atoms with E-state index in [-0.39, 0.29) is 12.5 Å². The molecular weight excluding hydrogens is 807 g/mol. The normalized spacial score (nSPS) is 13.0. The fourth-order valence-electron chi connectivity index (χ4n) is 9.51. The summed E-state index contributed by atoms with van der Waals surface area (Å²) in [4.78, 5) is 12.5. The molecule has 0 radical (unpaired) electrons. The molecule has 3 N–H and O–H groups in total. The number of carbonyl (C=O) groups is 1. The van der Waals surface area contributed by atoms with E-state index in [1.165, 1.54) is 283 Å². The predicted molar refractivity (Wildman–Crippen MR) is 295 cm³/mol. The Labute approximate surface area is 414 Å². The van der Waals surface area contributed by atoms with E-state index >= 15 is 0 Å². The summed E-state index contributed by atoms with van der Waals surface area (Å²) in [6, 6.07) is -0.621. The number of rotatable bonds is 56. The van der Waals surface area contributed by atoms with Crippen molar-refractivity contribution in [2.75, 3.05) is 6.61 Å². The van der Waals surface area contributed by atoms with E-state index in [9.17, 15) is 15.0 Å². The highest BCUT2D eigenvalue weighted by Gasteiger charge is 2.18. The third kappa shape index (κ3) is 53.6. The van der Waals surface area contributed by atoms with Crippen molar-refractivity contribution in [2.45, 2.75) is 347 Å². The second-order valence-corrected chi connectivity index (χ2v) is 20.8. The van der Waals surface area contributed by atoms with Crippen molar-refractivity contribution in [1.82, 2.24) is 5.32 Å². The number of aliphatic hydroxyl groups is 2. The SMILES string of the molecule is CCCCCCC/C=C\C/C=C\CCCCCCCCCCCCCCCCCCCCCC(=O)NC(CO)C(O)/C=C/CCCCCCCCCCCCCCCCCCCCCCC. The largest absolute Gasteiger partial charge is 0.394 e. The van der Waals surface area contributed by atoms with Crippen molar-refractivity contribution in [2.24, 2.45) is 0 Å². The summed E-state index contributed by atoms with van der Waals surface area (Å²) >= 11 is 0. The molecule has 0 aromatic rings. The van der Waals surface area contributed by atoms with E-state index in [1.54, 1.807) is 6.08 Å². The lowest BCUT2D eigenvalue weighted by Crippen LogP contribution is -2.45. The van der Waals surface area contributed by atoms with E-state index in [2.05, 4.69) is 43.5 Å². The number of carbonyl (C=O) groups excluding carboxylic acids is 1. The molecular formula is C62H119NO3. The van der Waals surface area contributed by atoms with Gasteiger partial charge < -0.3 is 15.5 Å². The summed E-state index contributed by atoms with van der Waals surface area (Å²) in [7, 11) is 0. The second kappa shape index (κ2) is 57.9. The van der Waals surface area contributed by atoms with Gasteiger partial charge in [0.1, 0.15) is 0 Å². The molecule has 0 saturated carbocycles. The lowest BCUT2D eigenvalue weighted by molar-refractivity contribution is -0.123. The molecule has 0 aromatic carbocycles. The fraction of sp³-hybridized carbons (Fsp3) is 0.887. The monoisotopic (exact) mass is 926 g/mol. The minimum absolute atomic E-state index is 0.0576. The van der Waals surface area contributed by atoms with Crippen LogP contribution in [0.15, 0.2) is 36.5 Å². The van der Waals surface area contributed by atoms with Crippen molar-refractivity contribution >= 4 is 5.91 Å². The van der Waals surface area contributed by atoms with Crippen LogP contribution in [0.2, 0.25) is 0 Å². The molecule has 0 fully saturated rings. The van der Waals surface area contributed by atoms with Gasteiger partial charge in [-0.25, -0.2) is 0 Å². The van der Waals surface area contributed by atoms with Gasteiger partial charge >= 0.3 is 0 Å². The molecule has 0 rings (SSSR count). The molecule has 2 atom stereocenters. The van der Waals surface area contributed by atoms with Crippen LogP contribution < -0.4 is 5.32 Å². The number of allylic oxidation sites excluding steroid dienone is 5. The second-order valence-electron chi connectivity index (χ2n) is 20.8. The number of aliphatic hydroxyl groups excluding tert-OH is 2. The van der Waals surface area contributed by atoms with Crippen LogP contribution in [0.1, 0.15) is 335 Å². The van der Waals surface area contributed by atoms with Crippen LogP contribution in [0, 0.1) is 0 Å². The van der Waals surface area contributed by atoms with Gasteiger partial charge in [-0.15, -0.1) is 0 Å². The Morgan fingerprint density at radius 3 is 0.909 bits per heavy atom. The first kappa shape index (κ1) is 64.6. The first-order valence-electron chi connectivity index (χ1n) is 30.2. The van der Waals surface area contributed by atoms with Crippen LogP contribution in [-0.2, 0) is 4.79 Å². The summed E-state index contributed by atoms with van der Waals surface area (Å²) < 4.78 is 0. The minimum Gasteiger partial charge on any atom is -0.394 e. The molecule has 0 aliphatic carbocycles. The molecule has 390 valence electrons. The van der Waals surface area contributed by atoms with E-state index in [0.29, 0.717) is 6.42 Å². The highest BCUT2D eigenvalue weighted by molar-refractivity contribution is 5.76. The highest BCUT2D eigenvalue weighted by Crippen LogP contribution is 2.18. The van der Waals surface area contributed by atoms with E-state index in [1.807, 2.05) is 6.08 Å². The molecule has 0 aliphatic rings. The third-order valence-corrected chi connectivity index (χ3v) is 14.1. The molecule has 0 saturated heterocycles. The maximum atomic E-state index is 12.5. The Balaban J connectivity index is 3.45. The number of hydrogen-bond donors (Lipinski definition) is 3. The molecule has 0 aromatic heterocycles. The Bertz CT molecular complexity index is 1010. The number of nitrogens with one attached hydrogen (secondary N) is 1. The lowest BCUT2D eigenvalue weighted by Gasteiger charge is -2.20. The standard InChI is InChI=1S/C62H119NO3/c1-3-5-7-9-11-13-15-17-19-21-23-25-27-28-29-30-31-32-33-34-36-38-40-42-44-46-48-50-52-54-56-58-62(66)63-60(59-64)61(65)57-55-53-51-49-47-45-43-41-39-37-35-26-24-22-20-18-16-14-12-10-8-6-4-2/h15,17,21,23,55,57,60-61,64-65H,3-14,16,18-20,22,24-54,56,58-59H2,1-2H3,(H,63,66)/b17-15-,23-21-,57-55+. The van der Waals surface area contributed by atoms with Crippen LogP contribution >= 0.6 is 0 Å². The Kier molecular flexibility index (Phi) is 56.7. The molecule has 4 heteroatoms. The van der Waals surface area contributed by atoms with Crippen LogP contribution in [0.5, 0.6) is 0 Å². The smallest absolute Gasteiger partial charge is 0.220 e. The summed E-state index contributed by atoms with van der Waals surface area (Å²) in [5, 5.41) is 23.2. The van der Waals surface area contributed by atoms with Gasteiger partial charge in [-0.3, -0.25) is 4.79 Å². The van der Waals surface area contributed by atoms with E-state index < -0.39 is 12.1 Å². The van der Waals surface area contributed by atoms with Gasteiger partial charge in [-0.2, -0.15) is 0 Å². The van der Waals surface area contributed by atoms with Gasteiger partial charge in [0.15, 0.2) is 0 Å². The summed E-state index contributed by atoms with van der Waals surface area (Å²) in [6.07, 6.45) is 79.0. The molecule has 0 spiro atoms. The number of amides is 1. The molecule has 1 amide bonds. The average Bonchev–Trinajstić information content (AvgIpc) is 3.32. The van der Waals surface area contributed by atoms with Crippen LogP contribution in [0.3, 0.4) is 0 Å². The van der Waals surface area contributed by atoms with E-state index in [4.69, 9.17) is 0 Å². The zero-order valence-corrected chi connectivity index (χ0v) is 45.0. The molecule has 0 heterocycles. The molecule has 66 heavy (non-hydrogen) atoms. The van der Waals surface area contributed by atoms with Gasteiger partial charge in [-0.1, -0.05) is 314 Å². The Morgan fingerprint density at radius 1 is 0.364 bits per heavy atom. The summed E-state index contributed by atoms with van der Waals surface area (Å²) in [5.74, 6) is -0.0576. The number of hydrogen-bond acceptors (Lipinski definition) is 3. The van der Waals surface area contributed by atoms with Crippen molar-refractivity contribution in [3.63, 3.8) is 0 Å². The first-order chi connectivity index (χ1) is 32.7. The van der Waals surface area contributed by atoms with Crippen molar-refractivity contribution in [3.8, 4) is 0 Å².